The topological polar surface area (TPSA) is 8.17 Å². The molecule has 0 N–H and O–H groups in total. The highest BCUT2D eigenvalue weighted by molar-refractivity contribution is 6.23. The number of para-hydroxylation sites is 4. The lowest BCUT2D eigenvalue weighted by Crippen LogP contribution is -2.11. The van der Waals surface area contributed by atoms with E-state index in [9.17, 15) is 0 Å². The van der Waals surface area contributed by atoms with Gasteiger partial charge in [-0.1, -0.05) is 188 Å². The largest absolute Gasteiger partial charge is 0.310 e. The molecule has 2 heteroatoms. The molecule has 290 valence electrons. The van der Waals surface area contributed by atoms with E-state index < -0.39 is 0 Å². The maximum absolute atomic E-state index is 2.43. The predicted molar refractivity (Wildman–Crippen MR) is 264 cm³/mol. The average molecular weight is 789 g/mol. The number of aromatic nitrogens is 1. The molecule has 12 aromatic rings. The molecule has 0 fully saturated rings. The molecule has 0 spiro atoms. The van der Waals surface area contributed by atoms with Crippen molar-refractivity contribution in [3.05, 3.63) is 243 Å². The predicted octanol–water partition coefficient (Wildman–Crippen LogP) is 16.7. The summed E-state index contributed by atoms with van der Waals surface area (Å²) in [5, 5.41) is 10.1. The molecule has 11 aromatic carbocycles. The number of hydrogen-bond acceptors (Lipinski definition) is 1. The Hall–Kier alpha value is -8.20. The van der Waals surface area contributed by atoms with Gasteiger partial charge in [0, 0.05) is 33.3 Å². The summed E-state index contributed by atoms with van der Waals surface area (Å²) in [6, 6.07) is 88.5. The van der Waals surface area contributed by atoms with Gasteiger partial charge in [0.15, 0.2) is 0 Å². The van der Waals surface area contributed by atoms with Crippen LogP contribution in [0.5, 0.6) is 0 Å². The number of nitrogens with zero attached hydrogens (tertiary/aromatic N) is 2. The minimum Gasteiger partial charge on any atom is -0.310 e. The minimum absolute atomic E-state index is 1.08. The first-order chi connectivity index (χ1) is 30.8. The van der Waals surface area contributed by atoms with Crippen LogP contribution in [0.3, 0.4) is 0 Å². The molecule has 2 nitrogen and oxygen atoms in total. The summed E-state index contributed by atoms with van der Waals surface area (Å²) < 4.78 is 2.43. The zero-order valence-electron chi connectivity index (χ0n) is 34.0. The summed E-state index contributed by atoms with van der Waals surface area (Å²) in [6.45, 7) is 0. The molecular formula is C60H40N2. The Bertz CT molecular complexity index is 3560. The highest BCUT2D eigenvalue weighted by atomic mass is 15.1. The van der Waals surface area contributed by atoms with Gasteiger partial charge in [-0.25, -0.2) is 0 Å². The van der Waals surface area contributed by atoms with Gasteiger partial charge in [0.2, 0.25) is 0 Å². The first-order valence-corrected chi connectivity index (χ1v) is 21.3. The van der Waals surface area contributed by atoms with Crippen molar-refractivity contribution in [2.45, 2.75) is 0 Å². The molecule has 0 bridgehead atoms. The van der Waals surface area contributed by atoms with Gasteiger partial charge in [-0.15, -0.1) is 0 Å². The fourth-order valence-corrected chi connectivity index (χ4v) is 9.74. The van der Waals surface area contributed by atoms with Crippen molar-refractivity contribution in [1.82, 2.24) is 4.57 Å². The van der Waals surface area contributed by atoms with Crippen molar-refractivity contribution < 1.29 is 0 Å². The molecule has 62 heavy (non-hydrogen) atoms. The molecule has 0 aliphatic carbocycles. The third-order valence-corrected chi connectivity index (χ3v) is 12.6. The molecule has 0 unspecified atom stereocenters. The van der Waals surface area contributed by atoms with E-state index >= 15 is 0 Å². The molecule has 1 aromatic heterocycles. The number of rotatable bonds is 7. The maximum atomic E-state index is 2.43. The van der Waals surface area contributed by atoms with E-state index in [0.29, 0.717) is 0 Å². The van der Waals surface area contributed by atoms with Gasteiger partial charge in [-0.3, -0.25) is 0 Å². The standard InChI is InChI=1S/C60H40N2/c1-2-16-41(17-3-1)42-32-36-46(37-33-42)61(47-38-34-44(35-39-47)55-40-45-31-30-43-18-4-5-19-48(43)60(45)54-25-7-6-20-49(54)55)56-26-12-8-21-50(56)51-22-9-13-27-57(51)62-58-28-14-10-23-52(58)53-24-11-15-29-59(53)62/h1-40H. The Kier molecular flexibility index (Phi) is 8.53. The third kappa shape index (κ3) is 5.88. The Morgan fingerprint density at radius 1 is 0.290 bits per heavy atom. The van der Waals surface area contributed by atoms with E-state index in [4.69, 9.17) is 0 Å². The van der Waals surface area contributed by atoms with Gasteiger partial charge in [-0.2, -0.15) is 0 Å². The quantitative estimate of drug-likeness (QED) is 0.146. The lowest BCUT2D eigenvalue weighted by Gasteiger charge is -2.29. The summed E-state index contributed by atoms with van der Waals surface area (Å²) in [5.41, 5.74) is 13.9. The maximum Gasteiger partial charge on any atom is 0.0541 e. The number of benzene rings is 11. The molecule has 1 heterocycles. The lowest BCUT2D eigenvalue weighted by atomic mass is 9.90. The van der Waals surface area contributed by atoms with Crippen molar-refractivity contribution in [1.29, 1.82) is 0 Å². The van der Waals surface area contributed by atoms with E-state index in [1.165, 1.54) is 76.4 Å². The van der Waals surface area contributed by atoms with Crippen LogP contribution in [0.25, 0.3) is 93.2 Å². The van der Waals surface area contributed by atoms with Crippen LogP contribution in [0.4, 0.5) is 17.1 Å². The van der Waals surface area contributed by atoms with Crippen LogP contribution in [0, 0.1) is 0 Å². The van der Waals surface area contributed by atoms with Crippen molar-refractivity contribution >= 4 is 71.2 Å². The normalized spacial score (nSPS) is 11.5. The molecule has 0 aliphatic heterocycles. The molecule has 0 atom stereocenters. The van der Waals surface area contributed by atoms with Gasteiger partial charge < -0.3 is 9.47 Å². The molecule has 0 aliphatic rings. The fraction of sp³-hybridized carbons (Fsp3) is 0. The lowest BCUT2D eigenvalue weighted by molar-refractivity contribution is 1.18. The summed E-state index contributed by atoms with van der Waals surface area (Å²) in [6.07, 6.45) is 0. The second-order valence-corrected chi connectivity index (χ2v) is 16.1. The first kappa shape index (κ1) is 35.7. The van der Waals surface area contributed by atoms with E-state index in [-0.39, 0.29) is 0 Å². The first-order valence-electron chi connectivity index (χ1n) is 21.3. The fourth-order valence-electron chi connectivity index (χ4n) is 9.74. The highest BCUT2D eigenvalue weighted by Gasteiger charge is 2.21. The highest BCUT2D eigenvalue weighted by Crippen LogP contribution is 2.45. The Labute approximate surface area is 360 Å². The van der Waals surface area contributed by atoms with Crippen molar-refractivity contribution in [2.75, 3.05) is 4.90 Å². The summed E-state index contributed by atoms with van der Waals surface area (Å²) in [7, 11) is 0. The van der Waals surface area contributed by atoms with Crippen LogP contribution >= 0.6 is 0 Å². The van der Waals surface area contributed by atoms with Gasteiger partial charge in [-0.05, 0) is 109 Å². The van der Waals surface area contributed by atoms with Gasteiger partial charge in [0.25, 0.3) is 0 Å². The second-order valence-electron chi connectivity index (χ2n) is 16.1. The molecule has 0 radical (unpaired) electrons. The minimum atomic E-state index is 1.08. The summed E-state index contributed by atoms with van der Waals surface area (Å²) >= 11 is 0. The zero-order chi connectivity index (χ0) is 41.0. The Morgan fingerprint density at radius 3 is 1.50 bits per heavy atom. The Balaban J connectivity index is 1.04. The summed E-state index contributed by atoms with van der Waals surface area (Å²) in [4.78, 5) is 2.42. The molecule has 12 rings (SSSR count). The van der Waals surface area contributed by atoms with Gasteiger partial charge >= 0.3 is 0 Å². The monoisotopic (exact) mass is 788 g/mol. The number of hydrogen-bond donors (Lipinski definition) is 0. The number of anilines is 3. The van der Waals surface area contributed by atoms with Crippen LogP contribution in [0.15, 0.2) is 243 Å². The molecule has 0 saturated heterocycles. The second kappa shape index (κ2) is 14.8. The van der Waals surface area contributed by atoms with E-state index in [1.807, 2.05) is 0 Å². The smallest absolute Gasteiger partial charge is 0.0541 e. The molecule has 0 amide bonds. The van der Waals surface area contributed by atoms with Crippen LogP contribution in [-0.4, -0.2) is 4.57 Å². The van der Waals surface area contributed by atoms with Gasteiger partial charge in [0.05, 0.1) is 22.4 Å². The average Bonchev–Trinajstić information content (AvgIpc) is 3.69. The van der Waals surface area contributed by atoms with Crippen LogP contribution < -0.4 is 4.90 Å². The number of fused-ring (bicyclic) bond motifs is 8. The van der Waals surface area contributed by atoms with Crippen molar-refractivity contribution in [3.63, 3.8) is 0 Å². The van der Waals surface area contributed by atoms with Crippen molar-refractivity contribution in [3.8, 4) is 39.1 Å². The van der Waals surface area contributed by atoms with Crippen LogP contribution in [0.2, 0.25) is 0 Å². The van der Waals surface area contributed by atoms with Crippen molar-refractivity contribution in [2.24, 2.45) is 0 Å². The van der Waals surface area contributed by atoms with E-state index in [2.05, 4.69) is 252 Å². The Morgan fingerprint density at radius 2 is 0.790 bits per heavy atom. The third-order valence-electron chi connectivity index (χ3n) is 12.6. The van der Waals surface area contributed by atoms with Gasteiger partial charge in [0.1, 0.15) is 0 Å². The summed E-state index contributed by atoms with van der Waals surface area (Å²) in [5.74, 6) is 0. The zero-order valence-corrected chi connectivity index (χ0v) is 34.0. The van der Waals surface area contributed by atoms with E-state index in [1.54, 1.807) is 0 Å². The van der Waals surface area contributed by atoms with Crippen LogP contribution in [-0.2, 0) is 0 Å². The SMILES string of the molecule is c1ccc(-c2ccc(N(c3ccc(-c4cc5ccc6ccccc6c5c5ccccc45)cc3)c3ccccc3-c3ccccc3-n3c4ccccc4c4ccccc43)cc2)cc1. The van der Waals surface area contributed by atoms with E-state index in [0.717, 1.165) is 33.9 Å². The molecular weight excluding hydrogens is 749 g/mol. The molecule has 0 saturated carbocycles. The van der Waals surface area contributed by atoms with Crippen LogP contribution in [0.1, 0.15) is 0 Å².